The van der Waals surface area contributed by atoms with Crippen LogP contribution in [-0.4, -0.2) is 16.8 Å². The van der Waals surface area contributed by atoms with Crippen molar-refractivity contribution in [3.8, 4) is 0 Å². The Bertz CT molecular complexity index is 513. The summed E-state index contributed by atoms with van der Waals surface area (Å²) in [4.78, 5) is 11.6. The van der Waals surface area contributed by atoms with Crippen LogP contribution < -0.4 is 5.32 Å². The number of carbonyl (C=O) groups excluding carboxylic acids is 1. The van der Waals surface area contributed by atoms with E-state index < -0.39 is 23.1 Å². The standard InChI is InChI=1S/C10H8BrClF2N2OS/c1-2-18-10(15)16-9(17)4-3-5(12)6(11)8(14)7(4)13/h3H,2H2,1H3,(H2,15,16,17). The van der Waals surface area contributed by atoms with E-state index in [1.54, 1.807) is 6.92 Å². The quantitative estimate of drug-likeness (QED) is 0.366. The lowest BCUT2D eigenvalue weighted by Gasteiger charge is -2.08. The van der Waals surface area contributed by atoms with Gasteiger partial charge in [0.25, 0.3) is 5.91 Å². The Labute approximate surface area is 120 Å². The fourth-order valence-electron chi connectivity index (χ4n) is 1.09. The maximum absolute atomic E-state index is 13.5. The van der Waals surface area contributed by atoms with E-state index >= 15 is 0 Å². The number of hydrogen-bond donors (Lipinski definition) is 2. The van der Waals surface area contributed by atoms with Gasteiger partial charge in [0.1, 0.15) is 0 Å². The van der Waals surface area contributed by atoms with Crippen molar-refractivity contribution in [3.63, 3.8) is 0 Å². The molecule has 0 aliphatic carbocycles. The summed E-state index contributed by atoms with van der Waals surface area (Å²) >= 11 is 9.47. The summed E-state index contributed by atoms with van der Waals surface area (Å²) in [7, 11) is 0. The third kappa shape index (κ3) is 3.43. The Morgan fingerprint density at radius 3 is 2.72 bits per heavy atom. The average molecular weight is 358 g/mol. The smallest absolute Gasteiger partial charge is 0.260 e. The number of amides is 1. The van der Waals surface area contributed by atoms with Crippen LogP contribution in [0.3, 0.4) is 0 Å². The Kier molecular flexibility index (Phi) is 5.55. The average Bonchev–Trinajstić information content (AvgIpc) is 2.31. The first-order valence-corrected chi connectivity index (χ1v) is 6.89. The zero-order chi connectivity index (χ0) is 13.9. The molecule has 1 aromatic carbocycles. The minimum atomic E-state index is -1.31. The topological polar surface area (TPSA) is 53.0 Å². The minimum absolute atomic E-state index is 0.117. The molecule has 8 heteroatoms. The Morgan fingerprint density at radius 1 is 1.56 bits per heavy atom. The van der Waals surface area contributed by atoms with Gasteiger partial charge in [0.15, 0.2) is 16.8 Å². The van der Waals surface area contributed by atoms with Crippen LogP contribution in [0.1, 0.15) is 17.3 Å². The Morgan fingerprint density at radius 2 is 2.17 bits per heavy atom. The molecule has 1 amide bonds. The lowest BCUT2D eigenvalue weighted by Crippen LogP contribution is -2.28. The molecule has 3 nitrogen and oxygen atoms in total. The molecular weight excluding hydrogens is 350 g/mol. The molecular formula is C10H8BrClF2N2OS. The molecule has 0 saturated heterocycles. The highest BCUT2D eigenvalue weighted by atomic mass is 79.9. The highest BCUT2D eigenvalue weighted by Gasteiger charge is 2.21. The molecule has 2 N–H and O–H groups in total. The van der Waals surface area contributed by atoms with Crippen LogP contribution in [0.2, 0.25) is 5.02 Å². The molecule has 0 aliphatic rings. The normalized spacial score (nSPS) is 10.3. The van der Waals surface area contributed by atoms with E-state index in [0.29, 0.717) is 5.75 Å². The van der Waals surface area contributed by atoms with Crippen molar-refractivity contribution in [2.24, 2.45) is 0 Å². The molecule has 0 unspecified atom stereocenters. The van der Waals surface area contributed by atoms with Crippen molar-refractivity contribution < 1.29 is 13.6 Å². The molecule has 18 heavy (non-hydrogen) atoms. The number of amidine groups is 1. The molecule has 0 spiro atoms. The number of carbonyl (C=O) groups is 1. The summed E-state index contributed by atoms with van der Waals surface area (Å²) in [6.45, 7) is 1.79. The van der Waals surface area contributed by atoms with Crippen LogP contribution in [0.15, 0.2) is 10.5 Å². The molecule has 0 heterocycles. The SMILES string of the molecule is CCSC(=N)NC(=O)c1cc(Cl)c(Br)c(F)c1F. The van der Waals surface area contributed by atoms with Gasteiger partial charge in [-0.25, -0.2) is 8.78 Å². The zero-order valence-corrected chi connectivity index (χ0v) is 12.3. The van der Waals surface area contributed by atoms with Crippen molar-refractivity contribution in [1.82, 2.24) is 5.32 Å². The van der Waals surface area contributed by atoms with Crippen LogP contribution in [-0.2, 0) is 0 Å². The first-order valence-electron chi connectivity index (χ1n) is 4.74. The van der Waals surface area contributed by atoms with Crippen LogP contribution in [0.5, 0.6) is 0 Å². The molecule has 0 saturated carbocycles. The number of halogens is 4. The molecule has 0 atom stereocenters. The first kappa shape index (κ1) is 15.4. The van der Waals surface area contributed by atoms with Gasteiger partial charge in [-0.3, -0.25) is 10.2 Å². The molecule has 0 aliphatic heterocycles. The molecule has 0 radical (unpaired) electrons. The van der Waals surface area contributed by atoms with E-state index in [4.69, 9.17) is 17.0 Å². The zero-order valence-electron chi connectivity index (χ0n) is 9.11. The molecule has 0 bridgehead atoms. The molecule has 98 valence electrons. The summed E-state index contributed by atoms with van der Waals surface area (Å²) in [5.41, 5.74) is -0.540. The summed E-state index contributed by atoms with van der Waals surface area (Å²) in [5.74, 6) is -2.87. The van der Waals surface area contributed by atoms with E-state index in [1.807, 2.05) is 0 Å². The molecule has 1 rings (SSSR count). The predicted molar refractivity (Wildman–Crippen MR) is 72.4 cm³/mol. The van der Waals surface area contributed by atoms with Gasteiger partial charge in [-0.15, -0.1) is 0 Å². The van der Waals surface area contributed by atoms with E-state index in [-0.39, 0.29) is 14.7 Å². The number of benzene rings is 1. The predicted octanol–water partition coefficient (Wildman–Crippen LogP) is 3.80. The summed E-state index contributed by atoms with van der Waals surface area (Å²) < 4.78 is 26.6. The first-order chi connectivity index (χ1) is 8.38. The lowest BCUT2D eigenvalue weighted by atomic mass is 10.2. The van der Waals surface area contributed by atoms with Crippen LogP contribution in [0.4, 0.5) is 8.78 Å². The second-order valence-corrected chi connectivity index (χ2v) is 5.54. The van der Waals surface area contributed by atoms with Gasteiger partial charge in [0.05, 0.1) is 15.1 Å². The van der Waals surface area contributed by atoms with E-state index in [2.05, 4.69) is 21.2 Å². The second-order valence-electron chi connectivity index (χ2n) is 3.06. The number of rotatable bonds is 2. The van der Waals surface area contributed by atoms with Crippen molar-refractivity contribution in [1.29, 1.82) is 5.41 Å². The van der Waals surface area contributed by atoms with Gasteiger partial charge < -0.3 is 5.32 Å². The Balaban J connectivity index is 3.04. The third-order valence-electron chi connectivity index (χ3n) is 1.86. The Hall–Kier alpha value is -0.660. The van der Waals surface area contributed by atoms with Gasteiger partial charge in [-0.2, -0.15) is 0 Å². The third-order valence-corrected chi connectivity index (χ3v) is 3.84. The van der Waals surface area contributed by atoms with Gasteiger partial charge in [0, 0.05) is 0 Å². The monoisotopic (exact) mass is 356 g/mol. The maximum atomic E-state index is 13.5. The minimum Gasteiger partial charge on any atom is -0.301 e. The van der Waals surface area contributed by atoms with Crippen LogP contribution in [0.25, 0.3) is 0 Å². The summed E-state index contributed by atoms with van der Waals surface area (Å²) in [6.07, 6.45) is 0. The van der Waals surface area contributed by atoms with E-state index in [9.17, 15) is 13.6 Å². The van der Waals surface area contributed by atoms with Crippen molar-refractivity contribution in [3.05, 3.63) is 32.8 Å². The van der Waals surface area contributed by atoms with Crippen LogP contribution in [0, 0.1) is 17.0 Å². The van der Waals surface area contributed by atoms with Gasteiger partial charge >= 0.3 is 0 Å². The van der Waals surface area contributed by atoms with Crippen molar-refractivity contribution in [2.45, 2.75) is 6.92 Å². The van der Waals surface area contributed by atoms with Crippen molar-refractivity contribution >= 4 is 50.4 Å². The fraction of sp³-hybridized carbons (Fsp3) is 0.200. The molecule has 0 aromatic heterocycles. The van der Waals surface area contributed by atoms with E-state index in [1.165, 1.54) is 0 Å². The van der Waals surface area contributed by atoms with Gasteiger partial charge in [-0.05, 0) is 27.7 Å². The molecule has 0 fully saturated rings. The summed E-state index contributed by atoms with van der Waals surface area (Å²) in [5, 5.41) is 9.25. The fourth-order valence-corrected chi connectivity index (χ4v) is 2.02. The lowest BCUT2D eigenvalue weighted by molar-refractivity contribution is 0.0973. The van der Waals surface area contributed by atoms with E-state index in [0.717, 1.165) is 17.8 Å². The van der Waals surface area contributed by atoms with Crippen LogP contribution >= 0.6 is 39.3 Å². The maximum Gasteiger partial charge on any atom is 0.260 e. The second kappa shape index (κ2) is 6.49. The highest BCUT2D eigenvalue weighted by Crippen LogP contribution is 2.29. The number of hydrogen-bond acceptors (Lipinski definition) is 3. The number of thioether (sulfide) groups is 1. The largest absolute Gasteiger partial charge is 0.301 e. The van der Waals surface area contributed by atoms with Gasteiger partial charge in [-0.1, -0.05) is 30.3 Å². The highest BCUT2D eigenvalue weighted by molar-refractivity contribution is 9.10. The van der Waals surface area contributed by atoms with Crippen molar-refractivity contribution in [2.75, 3.05) is 5.75 Å². The molecule has 1 aromatic rings. The number of nitrogens with one attached hydrogen (secondary N) is 2. The summed E-state index contributed by atoms with van der Waals surface area (Å²) in [6, 6.07) is 1.00. The van der Waals surface area contributed by atoms with Gasteiger partial charge in [0.2, 0.25) is 0 Å².